The molecule has 4 aliphatic rings. The molecule has 3 aromatic carbocycles. The molecule has 170 valence electrons. The van der Waals surface area contributed by atoms with Gasteiger partial charge in [-0.2, -0.15) is 0 Å². The minimum absolute atomic E-state index is 0.0316. The van der Waals surface area contributed by atoms with Gasteiger partial charge in [-0.3, -0.25) is 19.7 Å². The smallest absolute Gasteiger partial charge is 0.273 e. The summed E-state index contributed by atoms with van der Waals surface area (Å²) in [5, 5.41) is 11.2. The highest BCUT2D eigenvalue weighted by atomic mass is 35.5. The Kier molecular flexibility index (Phi) is 4.23. The van der Waals surface area contributed by atoms with Crippen molar-refractivity contribution in [1.82, 2.24) is 0 Å². The van der Waals surface area contributed by atoms with E-state index >= 15 is 0 Å². The van der Waals surface area contributed by atoms with E-state index in [2.05, 4.69) is 0 Å². The molecular formula is C25H16Cl2N2O5. The fraction of sp³-hybridized carbons (Fsp3) is 0.200. The lowest BCUT2D eigenvalue weighted by Gasteiger charge is -2.54. The van der Waals surface area contributed by atoms with Crippen molar-refractivity contribution >= 4 is 46.4 Å². The number of nitro groups is 1. The number of amides is 2. The first-order valence-corrected chi connectivity index (χ1v) is 11.3. The third kappa shape index (κ3) is 2.28. The molecule has 1 saturated heterocycles. The molecule has 34 heavy (non-hydrogen) atoms. The van der Waals surface area contributed by atoms with Gasteiger partial charge < -0.3 is 4.74 Å². The average Bonchev–Trinajstić information content (AvgIpc) is 3.13. The van der Waals surface area contributed by atoms with E-state index in [-0.39, 0.29) is 17.1 Å². The molecule has 9 heteroatoms. The van der Waals surface area contributed by atoms with E-state index in [9.17, 15) is 19.7 Å². The molecule has 3 aromatic rings. The molecule has 0 unspecified atom stereocenters. The van der Waals surface area contributed by atoms with Gasteiger partial charge in [-0.25, -0.2) is 4.90 Å². The van der Waals surface area contributed by atoms with E-state index < -0.39 is 38.3 Å². The second-order valence-electron chi connectivity index (χ2n) is 8.60. The zero-order valence-electron chi connectivity index (χ0n) is 17.7. The first-order valence-electron chi connectivity index (χ1n) is 10.5. The number of carbonyl (C=O) groups is 2. The number of methoxy groups -OCH3 is 1. The first-order chi connectivity index (χ1) is 16.3. The number of rotatable bonds is 3. The van der Waals surface area contributed by atoms with Crippen LogP contribution in [0.15, 0.2) is 66.7 Å². The van der Waals surface area contributed by atoms with Crippen LogP contribution >= 0.6 is 23.2 Å². The maximum absolute atomic E-state index is 14.0. The Morgan fingerprint density at radius 3 is 1.68 bits per heavy atom. The SMILES string of the molecule is COc1cc([N+](=O)[O-])ccc1N1C(=O)[C@@H]2[C@H](C1=O)C1(Cl)c3ccccc3C2(Cl)c2ccccc21. The van der Waals surface area contributed by atoms with Crippen LogP contribution in [-0.4, -0.2) is 23.8 Å². The molecule has 0 spiro atoms. The number of alkyl halides is 2. The van der Waals surface area contributed by atoms with Crippen LogP contribution in [0.25, 0.3) is 0 Å². The largest absolute Gasteiger partial charge is 0.494 e. The van der Waals surface area contributed by atoms with Gasteiger partial charge >= 0.3 is 0 Å². The van der Waals surface area contributed by atoms with E-state index in [1.54, 1.807) is 0 Å². The van der Waals surface area contributed by atoms with E-state index in [1.165, 1.54) is 25.3 Å². The van der Waals surface area contributed by atoms with Gasteiger partial charge in [0.15, 0.2) is 0 Å². The summed E-state index contributed by atoms with van der Waals surface area (Å²) in [6.07, 6.45) is 0. The lowest BCUT2D eigenvalue weighted by atomic mass is 9.54. The van der Waals surface area contributed by atoms with Crippen LogP contribution in [0.5, 0.6) is 5.75 Å². The summed E-state index contributed by atoms with van der Waals surface area (Å²) < 4.78 is 5.33. The second kappa shape index (κ2) is 6.81. The Bertz CT molecular complexity index is 1320. The number of non-ortho nitro benzene ring substituents is 1. The third-order valence-electron chi connectivity index (χ3n) is 7.20. The number of carbonyl (C=O) groups excluding carboxylic acids is 2. The van der Waals surface area contributed by atoms with Crippen LogP contribution in [0.1, 0.15) is 22.3 Å². The van der Waals surface area contributed by atoms with Crippen LogP contribution in [-0.2, 0) is 19.3 Å². The van der Waals surface area contributed by atoms with Gasteiger partial charge in [-0.1, -0.05) is 48.5 Å². The Labute approximate surface area is 204 Å². The monoisotopic (exact) mass is 494 g/mol. The van der Waals surface area contributed by atoms with Crippen LogP contribution in [0.4, 0.5) is 11.4 Å². The summed E-state index contributed by atoms with van der Waals surface area (Å²) in [5.74, 6) is -2.95. The van der Waals surface area contributed by atoms with Crippen LogP contribution in [0.3, 0.4) is 0 Å². The molecule has 0 saturated carbocycles. The molecule has 0 N–H and O–H groups in total. The van der Waals surface area contributed by atoms with Crippen molar-refractivity contribution in [3.8, 4) is 5.75 Å². The number of anilines is 1. The standard InChI is InChI=1S/C25H16Cl2N2O5/c1-34-19-12-13(29(32)33)10-11-18(19)28-22(30)20-21(23(28)31)25(27)15-7-3-2-6-14(15)24(20,26)16-8-4-5-9-17(16)25/h2-12,20-21H,1H3/t20-,21+,24?,25?. The van der Waals surface area contributed by atoms with E-state index in [4.69, 9.17) is 27.9 Å². The van der Waals surface area contributed by atoms with Crippen molar-refractivity contribution in [3.05, 3.63) is 99.1 Å². The number of halogens is 2. The van der Waals surface area contributed by atoms with Gasteiger partial charge in [0.25, 0.3) is 5.69 Å². The van der Waals surface area contributed by atoms with Crippen molar-refractivity contribution in [2.45, 2.75) is 9.75 Å². The van der Waals surface area contributed by atoms with Crippen LogP contribution in [0, 0.1) is 22.0 Å². The number of nitro benzene ring substituents is 1. The number of imide groups is 1. The number of ether oxygens (including phenoxy) is 1. The van der Waals surface area contributed by atoms with E-state index in [0.29, 0.717) is 22.3 Å². The summed E-state index contributed by atoms with van der Waals surface area (Å²) >= 11 is 14.8. The van der Waals surface area contributed by atoms with Crippen molar-refractivity contribution in [2.24, 2.45) is 11.8 Å². The Morgan fingerprint density at radius 1 is 0.853 bits per heavy atom. The zero-order chi connectivity index (χ0) is 24.0. The van der Waals surface area contributed by atoms with Gasteiger partial charge in [0.2, 0.25) is 11.8 Å². The molecule has 2 bridgehead atoms. The van der Waals surface area contributed by atoms with Gasteiger partial charge in [0.05, 0.1) is 35.6 Å². The highest BCUT2D eigenvalue weighted by Gasteiger charge is 2.73. The molecule has 7 nitrogen and oxygen atoms in total. The Hall–Kier alpha value is -3.42. The predicted octanol–water partition coefficient (Wildman–Crippen LogP) is 4.70. The second-order valence-corrected chi connectivity index (χ2v) is 9.79. The van der Waals surface area contributed by atoms with Gasteiger partial charge in [-0.15, -0.1) is 23.2 Å². The van der Waals surface area contributed by atoms with Gasteiger partial charge in [-0.05, 0) is 28.3 Å². The predicted molar refractivity (Wildman–Crippen MR) is 125 cm³/mol. The van der Waals surface area contributed by atoms with Gasteiger partial charge in [0.1, 0.15) is 15.5 Å². The fourth-order valence-electron chi connectivity index (χ4n) is 5.87. The maximum atomic E-state index is 14.0. The molecule has 0 radical (unpaired) electrons. The third-order valence-corrected chi connectivity index (χ3v) is 8.48. The number of nitrogens with zero attached hydrogens (tertiary/aromatic N) is 2. The minimum atomic E-state index is -1.30. The molecule has 0 aromatic heterocycles. The molecule has 2 atom stereocenters. The number of hydrogen-bond acceptors (Lipinski definition) is 5. The highest BCUT2D eigenvalue weighted by Crippen LogP contribution is 2.69. The van der Waals surface area contributed by atoms with Crippen molar-refractivity contribution < 1.29 is 19.2 Å². The zero-order valence-corrected chi connectivity index (χ0v) is 19.2. The summed E-state index contributed by atoms with van der Waals surface area (Å²) in [5.41, 5.74) is 2.69. The number of benzene rings is 3. The molecular weight excluding hydrogens is 479 g/mol. The summed E-state index contributed by atoms with van der Waals surface area (Å²) in [6, 6.07) is 18.5. The van der Waals surface area contributed by atoms with Gasteiger partial charge in [0, 0.05) is 6.07 Å². The van der Waals surface area contributed by atoms with Crippen molar-refractivity contribution in [2.75, 3.05) is 12.0 Å². The number of hydrogen-bond donors (Lipinski definition) is 0. The van der Waals surface area contributed by atoms with Crippen molar-refractivity contribution in [3.63, 3.8) is 0 Å². The molecule has 3 aliphatic carbocycles. The summed E-state index contributed by atoms with van der Waals surface area (Å²) in [6.45, 7) is 0. The topological polar surface area (TPSA) is 89.8 Å². The lowest BCUT2D eigenvalue weighted by molar-refractivity contribution is -0.384. The quantitative estimate of drug-likeness (QED) is 0.228. The molecule has 1 aliphatic heterocycles. The maximum Gasteiger partial charge on any atom is 0.273 e. The van der Waals surface area contributed by atoms with Crippen molar-refractivity contribution in [1.29, 1.82) is 0 Å². The fourth-order valence-corrected chi connectivity index (χ4v) is 6.97. The normalized spacial score (nSPS) is 28.4. The van der Waals surface area contributed by atoms with E-state index in [1.807, 2.05) is 48.5 Å². The molecule has 1 fully saturated rings. The summed E-state index contributed by atoms with van der Waals surface area (Å²) in [4.78, 5) is 37.0. The highest BCUT2D eigenvalue weighted by molar-refractivity contribution is 6.38. The molecule has 7 rings (SSSR count). The average molecular weight is 495 g/mol. The Balaban J connectivity index is 1.61. The molecule has 2 amide bonds. The van der Waals surface area contributed by atoms with E-state index in [0.717, 1.165) is 4.90 Å². The van der Waals surface area contributed by atoms with Crippen LogP contribution < -0.4 is 9.64 Å². The Morgan fingerprint density at radius 2 is 1.29 bits per heavy atom. The minimum Gasteiger partial charge on any atom is -0.494 e. The molecule has 1 heterocycles. The van der Waals surface area contributed by atoms with Crippen LogP contribution in [0.2, 0.25) is 0 Å². The first kappa shape index (κ1) is 21.1. The lowest BCUT2D eigenvalue weighted by Crippen LogP contribution is -2.57. The summed E-state index contributed by atoms with van der Waals surface area (Å²) in [7, 11) is 1.32.